The maximum Gasteiger partial charge on any atom is 0.0383 e. The Kier molecular flexibility index (Phi) is 82.8. The van der Waals surface area contributed by atoms with E-state index < -0.39 is 5.97 Å². The second kappa shape index (κ2) is 18.0. The van der Waals surface area contributed by atoms with Crippen LogP contribution in [0.15, 0.2) is 0 Å². The second-order valence-corrected chi connectivity index (χ2v) is 0.492. The molecule has 0 spiro atoms. The quantitative estimate of drug-likeness (QED) is 0.489. The molecule has 0 unspecified atom stereocenters. The van der Waals surface area contributed by atoms with Crippen molar-refractivity contribution in [1.82, 2.24) is 6.15 Å². The number of carboxylic acids is 1. The van der Waals surface area contributed by atoms with Gasteiger partial charge in [0.1, 0.15) is 0 Å². The molecule has 0 amide bonds. The molecule has 0 aromatic rings. The molecule has 0 bridgehead atoms. The van der Waals surface area contributed by atoms with E-state index in [0.29, 0.717) is 0 Å². The third-order valence-electron chi connectivity index (χ3n) is 0. The molecule has 0 aliphatic rings. The minimum Gasteiger partial charge on any atom is -0.550 e. The van der Waals surface area contributed by atoms with Crippen LogP contribution in [-0.2, 0) is 4.79 Å². The predicted octanol–water partition coefficient (Wildman–Crippen LogP) is 0.405. The topological polar surface area (TPSA) is 76.6 Å². The summed E-state index contributed by atoms with van der Waals surface area (Å²) in [7, 11) is 0. The van der Waals surface area contributed by atoms with Gasteiger partial charge in [-0.15, -0.1) is 0 Å². The van der Waals surface area contributed by atoms with Gasteiger partial charge in [0, 0.05) is 5.97 Å². The molecule has 0 aliphatic heterocycles. The molecule has 0 heterocycles. The first-order valence-electron chi connectivity index (χ1n) is 0.908. The zero-order valence-corrected chi connectivity index (χ0v) is 3.32. The summed E-state index contributed by atoms with van der Waals surface area (Å²) in [5.74, 6) is -1.08. The fourth-order valence-electron chi connectivity index (χ4n) is 0. The zero-order valence-electron chi connectivity index (χ0n) is 3.32. The highest BCUT2D eigenvalue weighted by atomic mass is 16.4. The SMILES string of the molecule is C.C.CC(=O)[O-].[NH4+]. The fraction of sp³-hybridized carbons (Fsp3) is 0.750. The Labute approximate surface area is 44.9 Å². The predicted molar refractivity (Wildman–Crippen MR) is 30.1 cm³/mol. The molecule has 0 radical (unpaired) electrons. The van der Waals surface area contributed by atoms with Crippen LogP contribution in [0.25, 0.3) is 0 Å². The lowest BCUT2D eigenvalue weighted by molar-refractivity contribution is -0.302. The Morgan fingerprint density at radius 1 is 1.43 bits per heavy atom. The van der Waals surface area contributed by atoms with Crippen LogP contribution < -0.4 is 11.3 Å². The van der Waals surface area contributed by atoms with Crippen molar-refractivity contribution < 1.29 is 9.90 Å². The molecule has 3 heteroatoms. The van der Waals surface area contributed by atoms with E-state index in [1.807, 2.05) is 0 Å². The minimum absolute atomic E-state index is 0. The Morgan fingerprint density at radius 3 is 1.43 bits per heavy atom. The van der Waals surface area contributed by atoms with E-state index >= 15 is 0 Å². The number of hydrogen-bond acceptors (Lipinski definition) is 2. The molecule has 48 valence electrons. The van der Waals surface area contributed by atoms with Crippen molar-refractivity contribution in [2.45, 2.75) is 21.8 Å². The van der Waals surface area contributed by atoms with Gasteiger partial charge in [-0.1, -0.05) is 14.9 Å². The number of carbonyl (C=O) groups excluding carboxylic acids is 1. The molecular formula is C4H15NO2. The summed E-state index contributed by atoms with van der Waals surface area (Å²) >= 11 is 0. The van der Waals surface area contributed by atoms with E-state index in [0.717, 1.165) is 6.92 Å². The first kappa shape index (κ1) is 32.1. The monoisotopic (exact) mass is 109 g/mol. The van der Waals surface area contributed by atoms with Crippen LogP contribution in [0.1, 0.15) is 21.8 Å². The van der Waals surface area contributed by atoms with Gasteiger partial charge in [-0.3, -0.25) is 0 Å². The molecule has 3 nitrogen and oxygen atoms in total. The molecule has 0 atom stereocenters. The number of aliphatic carboxylic acids is 1. The summed E-state index contributed by atoms with van der Waals surface area (Å²) in [4.78, 5) is 8.89. The Hall–Kier alpha value is -0.570. The molecule has 0 saturated heterocycles. The summed E-state index contributed by atoms with van der Waals surface area (Å²) in [6.07, 6.45) is 0. The molecular weight excluding hydrogens is 94.0 g/mol. The summed E-state index contributed by atoms with van der Waals surface area (Å²) in [5.41, 5.74) is 0. The normalized spacial score (nSPS) is 3.57. The van der Waals surface area contributed by atoms with E-state index in [1.165, 1.54) is 0 Å². The Morgan fingerprint density at radius 2 is 1.43 bits per heavy atom. The lowest BCUT2D eigenvalue weighted by Crippen LogP contribution is -2.16. The largest absolute Gasteiger partial charge is 0.550 e. The third-order valence-corrected chi connectivity index (χ3v) is 0. The first-order chi connectivity index (χ1) is 1.73. The minimum atomic E-state index is -1.08. The maximum absolute atomic E-state index is 8.89. The van der Waals surface area contributed by atoms with Crippen molar-refractivity contribution in [1.29, 1.82) is 0 Å². The van der Waals surface area contributed by atoms with Crippen molar-refractivity contribution in [3.63, 3.8) is 0 Å². The molecule has 0 aromatic carbocycles. The lowest BCUT2D eigenvalue weighted by Gasteiger charge is -1.77. The third kappa shape index (κ3) is 197. The highest BCUT2D eigenvalue weighted by molar-refractivity contribution is 5.60. The van der Waals surface area contributed by atoms with E-state index in [4.69, 9.17) is 9.90 Å². The summed E-state index contributed by atoms with van der Waals surface area (Å²) in [5, 5.41) is 8.89. The molecule has 0 rings (SSSR count). The van der Waals surface area contributed by atoms with Crippen LogP contribution >= 0.6 is 0 Å². The number of carboxylic acid groups (broad SMARTS) is 1. The van der Waals surface area contributed by atoms with Crippen LogP contribution in [0.4, 0.5) is 0 Å². The van der Waals surface area contributed by atoms with Gasteiger partial charge in [0.25, 0.3) is 0 Å². The van der Waals surface area contributed by atoms with E-state index in [2.05, 4.69) is 0 Å². The van der Waals surface area contributed by atoms with Gasteiger partial charge in [-0.25, -0.2) is 0 Å². The van der Waals surface area contributed by atoms with Gasteiger partial charge in [-0.05, 0) is 6.92 Å². The standard InChI is InChI=1S/C2H4O2.2CH4.H3N/c1-2(3)4;;;/h1H3,(H,3,4);2*1H4;1H3. The average Bonchev–Trinajstić information content (AvgIpc) is 0.811. The lowest BCUT2D eigenvalue weighted by atomic mass is 10.9. The smallest absolute Gasteiger partial charge is 0.0383 e. The van der Waals surface area contributed by atoms with Crippen molar-refractivity contribution in [2.75, 3.05) is 0 Å². The van der Waals surface area contributed by atoms with Crippen molar-refractivity contribution in [3.05, 3.63) is 0 Å². The molecule has 0 aliphatic carbocycles. The molecule has 4 N–H and O–H groups in total. The first-order valence-corrected chi connectivity index (χ1v) is 0.908. The maximum atomic E-state index is 8.89. The highest BCUT2D eigenvalue weighted by Gasteiger charge is 1.46. The van der Waals surface area contributed by atoms with Gasteiger partial charge in [-0.2, -0.15) is 0 Å². The number of hydrogen-bond donors (Lipinski definition) is 1. The Balaban J connectivity index is -0.0000000150. The summed E-state index contributed by atoms with van der Waals surface area (Å²) < 4.78 is 0. The van der Waals surface area contributed by atoms with Crippen molar-refractivity contribution >= 4 is 5.97 Å². The average molecular weight is 109 g/mol. The molecule has 0 fully saturated rings. The van der Waals surface area contributed by atoms with Crippen LogP contribution in [0.3, 0.4) is 0 Å². The molecule has 7 heavy (non-hydrogen) atoms. The van der Waals surface area contributed by atoms with Crippen LogP contribution in [-0.4, -0.2) is 5.97 Å². The molecule has 0 aromatic heterocycles. The zero-order chi connectivity index (χ0) is 3.58. The van der Waals surface area contributed by atoms with Crippen molar-refractivity contribution in [3.8, 4) is 0 Å². The summed E-state index contributed by atoms with van der Waals surface area (Å²) in [6.45, 7) is 0.972. The van der Waals surface area contributed by atoms with Gasteiger partial charge in [0.15, 0.2) is 0 Å². The van der Waals surface area contributed by atoms with Gasteiger partial charge < -0.3 is 16.1 Å². The highest BCUT2D eigenvalue weighted by Crippen LogP contribution is 1.31. The number of quaternary nitrogens is 1. The van der Waals surface area contributed by atoms with Crippen molar-refractivity contribution in [2.24, 2.45) is 0 Å². The van der Waals surface area contributed by atoms with Gasteiger partial charge in [0.05, 0.1) is 0 Å². The van der Waals surface area contributed by atoms with E-state index in [-0.39, 0.29) is 21.0 Å². The number of carbonyl (C=O) groups is 1. The van der Waals surface area contributed by atoms with Gasteiger partial charge >= 0.3 is 0 Å². The second-order valence-electron chi connectivity index (χ2n) is 0.492. The van der Waals surface area contributed by atoms with Crippen LogP contribution in [0.2, 0.25) is 0 Å². The molecule has 0 saturated carbocycles. The fourth-order valence-corrected chi connectivity index (χ4v) is 0. The summed E-state index contributed by atoms with van der Waals surface area (Å²) in [6, 6.07) is 0. The van der Waals surface area contributed by atoms with Gasteiger partial charge in [0.2, 0.25) is 0 Å². The van der Waals surface area contributed by atoms with Crippen LogP contribution in [0.5, 0.6) is 0 Å². The van der Waals surface area contributed by atoms with E-state index in [1.54, 1.807) is 0 Å². The Bertz CT molecular complexity index is 32.7. The van der Waals surface area contributed by atoms with Crippen LogP contribution in [0, 0.1) is 0 Å². The van der Waals surface area contributed by atoms with E-state index in [9.17, 15) is 0 Å². The number of rotatable bonds is 0.